The predicted octanol–water partition coefficient (Wildman–Crippen LogP) is 3.06. The molecule has 1 amide bonds. The molecular formula is C19H29NO3. The predicted molar refractivity (Wildman–Crippen MR) is 88.1 cm³/mol. The van der Waals surface area contributed by atoms with Crippen molar-refractivity contribution < 1.29 is 14.3 Å². The summed E-state index contributed by atoms with van der Waals surface area (Å²) in [7, 11) is 0. The van der Waals surface area contributed by atoms with Crippen LogP contribution in [-0.4, -0.2) is 48.8 Å². The maximum atomic E-state index is 12.8. The van der Waals surface area contributed by atoms with E-state index in [0.717, 1.165) is 44.8 Å². The van der Waals surface area contributed by atoms with Crippen LogP contribution in [0, 0.1) is 5.92 Å². The third-order valence-corrected chi connectivity index (χ3v) is 5.86. The summed E-state index contributed by atoms with van der Waals surface area (Å²) in [5, 5.41) is 0. The number of hydrogen-bond acceptors (Lipinski definition) is 3. The van der Waals surface area contributed by atoms with Gasteiger partial charge in [0.2, 0.25) is 5.91 Å². The van der Waals surface area contributed by atoms with E-state index < -0.39 is 0 Å². The lowest BCUT2D eigenvalue weighted by Gasteiger charge is -2.39. The first-order valence-corrected chi connectivity index (χ1v) is 9.52. The van der Waals surface area contributed by atoms with Crippen LogP contribution in [0.25, 0.3) is 0 Å². The summed E-state index contributed by atoms with van der Waals surface area (Å²) >= 11 is 0. The highest BCUT2D eigenvalue weighted by Gasteiger charge is 2.45. The molecule has 23 heavy (non-hydrogen) atoms. The summed E-state index contributed by atoms with van der Waals surface area (Å²) in [6.45, 7) is 2.30. The highest BCUT2D eigenvalue weighted by atomic mass is 16.5. The molecule has 4 heteroatoms. The molecule has 128 valence electrons. The van der Waals surface area contributed by atoms with Crippen molar-refractivity contribution in [2.24, 2.45) is 5.92 Å². The fourth-order valence-electron chi connectivity index (χ4n) is 4.31. The number of fused-ring (bicyclic) bond motifs is 1. The summed E-state index contributed by atoms with van der Waals surface area (Å²) in [6, 6.07) is 0.240. The van der Waals surface area contributed by atoms with Crippen molar-refractivity contribution in [3.63, 3.8) is 0 Å². The average molecular weight is 319 g/mol. The summed E-state index contributed by atoms with van der Waals surface area (Å²) in [5.41, 5.74) is 1.35. The summed E-state index contributed by atoms with van der Waals surface area (Å²) in [4.78, 5) is 14.9. The van der Waals surface area contributed by atoms with Crippen molar-refractivity contribution in [2.45, 2.75) is 76.0 Å². The van der Waals surface area contributed by atoms with E-state index >= 15 is 0 Å². The molecule has 0 N–H and O–H groups in total. The third kappa shape index (κ3) is 3.63. The fourth-order valence-corrected chi connectivity index (χ4v) is 4.31. The molecular weight excluding hydrogens is 290 g/mol. The van der Waals surface area contributed by atoms with Gasteiger partial charge in [-0.25, -0.2) is 0 Å². The van der Waals surface area contributed by atoms with E-state index in [0.29, 0.717) is 18.9 Å². The Labute approximate surface area is 139 Å². The molecule has 0 aromatic carbocycles. The molecule has 2 saturated carbocycles. The van der Waals surface area contributed by atoms with Crippen molar-refractivity contribution in [1.29, 1.82) is 0 Å². The monoisotopic (exact) mass is 319 g/mol. The minimum absolute atomic E-state index is 0.104. The highest BCUT2D eigenvalue weighted by Crippen LogP contribution is 2.35. The van der Waals surface area contributed by atoms with Gasteiger partial charge in [0.25, 0.3) is 0 Å². The first-order valence-electron chi connectivity index (χ1n) is 9.52. The second kappa shape index (κ2) is 6.94. The van der Waals surface area contributed by atoms with E-state index in [9.17, 15) is 4.79 Å². The molecule has 4 aliphatic rings. The quantitative estimate of drug-likeness (QED) is 0.731. The third-order valence-electron chi connectivity index (χ3n) is 5.86. The zero-order valence-electron chi connectivity index (χ0n) is 14.0. The Hall–Kier alpha value is -0.870. The van der Waals surface area contributed by atoms with Crippen LogP contribution in [-0.2, 0) is 14.3 Å². The van der Waals surface area contributed by atoms with Crippen LogP contribution in [0.2, 0.25) is 0 Å². The van der Waals surface area contributed by atoms with Gasteiger partial charge in [-0.2, -0.15) is 0 Å². The van der Waals surface area contributed by atoms with Gasteiger partial charge in [0, 0.05) is 19.6 Å². The first-order chi connectivity index (χ1) is 11.3. The van der Waals surface area contributed by atoms with Crippen molar-refractivity contribution in [3.8, 4) is 0 Å². The molecule has 0 bridgehead atoms. The van der Waals surface area contributed by atoms with Gasteiger partial charge in [-0.15, -0.1) is 0 Å². The van der Waals surface area contributed by atoms with Gasteiger partial charge < -0.3 is 14.4 Å². The summed E-state index contributed by atoms with van der Waals surface area (Å²) in [5.74, 6) is 1.09. The largest absolute Gasteiger partial charge is 0.375 e. The lowest BCUT2D eigenvalue weighted by atomic mass is 9.96. The Bertz CT molecular complexity index is 471. The smallest absolute Gasteiger partial charge is 0.227 e. The van der Waals surface area contributed by atoms with E-state index in [1.54, 1.807) is 0 Å². The Morgan fingerprint density at radius 1 is 1.26 bits per heavy atom. The van der Waals surface area contributed by atoms with Crippen LogP contribution in [0.3, 0.4) is 0 Å². The summed E-state index contributed by atoms with van der Waals surface area (Å²) in [6.07, 6.45) is 12.7. The van der Waals surface area contributed by atoms with E-state index in [-0.39, 0.29) is 18.2 Å². The van der Waals surface area contributed by atoms with E-state index in [2.05, 4.69) is 11.0 Å². The lowest BCUT2D eigenvalue weighted by molar-refractivity contribution is -0.151. The van der Waals surface area contributed by atoms with E-state index in [1.807, 2.05) is 0 Å². The Morgan fingerprint density at radius 2 is 2.17 bits per heavy atom. The maximum Gasteiger partial charge on any atom is 0.227 e. The topological polar surface area (TPSA) is 38.8 Å². The summed E-state index contributed by atoms with van der Waals surface area (Å²) < 4.78 is 12.1. The number of hydrogen-bond donors (Lipinski definition) is 0. The van der Waals surface area contributed by atoms with Crippen LogP contribution in [0.5, 0.6) is 0 Å². The van der Waals surface area contributed by atoms with Gasteiger partial charge in [-0.05, 0) is 57.3 Å². The van der Waals surface area contributed by atoms with Crippen molar-refractivity contribution in [1.82, 2.24) is 4.90 Å². The van der Waals surface area contributed by atoms with Crippen LogP contribution in [0.15, 0.2) is 11.6 Å². The van der Waals surface area contributed by atoms with Crippen LogP contribution >= 0.6 is 0 Å². The molecule has 3 atom stereocenters. The fraction of sp³-hybridized carbons (Fsp3) is 0.842. The number of nitrogens with zero attached hydrogens (tertiary/aromatic N) is 1. The van der Waals surface area contributed by atoms with Gasteiger partial charge in [0.05, 0.1) is 18.8 Å². The Kier molecular flexibility index (Phi) is 4.72. The molecule has 4 rings (SSSR count). The lowest BCUT2D eigenvalue weighted by Crippen LogP contribution is -2.54. The van der Waals surface area contributed by atoms with Gasteiger partial charge in [-0.1, -0.05) is 11.6 Å². The highest BCUT2D eigenvalue weighted by molar-refractivity contribution is 5.79. The van der Waals surface area contributed by atoms with Crippen LogP contribution < -0.4 is 0 Å². The molecule has 3 aliphatic carbocycles. The van der Waals surface area contributed by atoms with Crippen LogP contribution in [0.4, 0.5) is 0 Å². The molecule has 1 aliphatic heterocycles. The van der Waals surface area contributed by atoms with Crippen molar-refractivity contribution in [2.75, 3.05) is 19.8 Å². The number of ether oxygens (including phenoxy) is 2. The molecule has 0 unspecified atom stereocenters. The second-order valence-electron chi connectivity index (χ2n) is 7.67. The minimum atomic E-state index is 0.104. The van der Waals surface area contributed by atoms with Crippen molar-refractivity contribution in [3.05, 3.63) is 11.6 Å². The van der Waals surface area contributed by atoms with Crippen molar-refractivity contribution >= 4 is 5.91 Å². The molecule has 0 spiro atoms. The number of allylic oxidation sites excluding steroid dienone is 1. The molecule has 4 nitrogen and oxygen atoms in total. The SMILES string of the molecule is O=C(CC1=CCCCC1)N1CCO[C@H]2[C@@H](OCC3CC3)CC[C@@H]21. The zero-order chi connectivity index (χ0) is 15.6. The Morgan fingerprint density at radius 3 is 2.96 bits per heavy atom. The van der Waals surface area contributed by atoms with Gasteiger partial charge in [-0.3, -0.25) is 4.79 Å². The molecule has 0 aromatic rings. The number of rotatable bonds is 5. The van der Waals surface area contributed by atoms with Gasteiger partial charge in [0.1, 0.15) is 6.10 Å². The molecule has 0 aromatic heterocycles. The Balaban J connectivity index is 1.35. The molecule has 1 heterocycles. The van der Waals surface area contributed by atoms with Crippen LogP contribution in [0.1, 0.15) is 57.8 Å². The average Bonchev–Trinajstić information content (AvgIpc) is 3.32. The second-order valence-corrected chi connectivity index (χ2v) is 7.67. The van der Waals surface area contributed by atoms with E-state index in [1.165, 1.54) is 31.3 Å². The molecule has 3 fully saturated rings. The van der Waals surface area contributed by atoms with Gasteiger partial charge >= 0.3 is 0 Å². The minimum Gasteiger partial charge on any atom is -0.375 e. The van der Waals surface area contributed by atoms with Gasteiger partial charge in [0.15, 0.2) is 0 Å². The molecule has 1 saturated heterocycles. The maximum absolute atomic E-state index is 12.8. The van der Waals surface area contributed by atoms with E-state index in [4.69, 9.17) is 9.47 Å². The standard InChI is InChI=1S/C19H29NO3/c21-18(12-14-4-2-1-3-5-14)20-10-11-22-19-16(20)8-9-17(19)23-13-15-6-7-15/h4,15-17,19H,1-3,5-13H2/t16-,17-,19+/m0/s1. The number of morpholine rings is 1. The zero-order valence-corrected chi connectivity index (χ0v) is 14.0. The first kappa shape index (κ1) is 15.6. The molecule has 0 radical (unpaired) electrons. The number of amides is 1. The number of carbonyl (C=O) groups excluding carboxylic acids is 1. The normalized spacial score (nSPS) is 34.2. The number of carbonyl (C=O) groups is 1.